The Hall–Kier alpha value is -1.88. The van der Waals surface area contributed by atoms with E-state index in [0.717, 1.165) is 37.7 Å². The molecule has 0 unspecified atom stereocenters. The summed E-state index contributed by atoms with van der Waals surface area (Å²) in [7, 11) is 2.20. The van der Waals surface area contributed by atoms with Gasteiger partial charge in [0, 0.05) is 36.8 Å². The third kappa shape index (κ3) is 4.85. The van der Waals surface area contributed by atoms with Gasteiger partial charge in [-0.05, 0) is 63.5 Å². The van der Waals surface area contributed by atoms with Gasteiger partial charge in [-0.2, -0.15) is 0 Å². The van der Waals surface area contributed by atoms with Crippen molar-refractivity contribution in [1.29, 1.82) is 0 Å². The highest BCUT2D eigenvalue weighted by Gasteiger charge is 2.21. The van der Waals surface area contributed by atoms with Gasteiger partial charge in [0.1, 0.15) is 0 Å². The molecule has 1 N–H and O–H groups in total. The number of nitrogens with one attached hydrogen (secondary N) is 1. The lowest BCUT2D eigenvalue weighted by atomic mass is 9.94. The Morgan fingerprint density at radius 3 is 2.54 bits per heavy atom. The van der Waals surface area contributed by atoms with E-state index in [2.05, 4.69) is 17.3 Å². The second-order valence-electron chi connectivity index (χ2n) is 7.58. The first kappa shape index (κ1) is 18.9. The van der Waals surface area contributed by atoms with Crippen LogP contribution in [0.4, 0.5) is 5.69 Å². The summed E-state index contributed by atoms with van der Waals surface area (Å²) in [6.45, 7) is 2.50. The molecule has 142 valence electrons. The van der Waals surface area contributed by atoms with Crippen molar-refractivity contribution in [2.45, 2.75) is 57.4 Å². The summed E-state index contributed by atoms with van der Waals surface area (Å²) in [5.41, 5.74) is 1.54. The molecular weight excluding hydrogens is 326 g/mol. The van der Waals surface area contributed by atoms with Crippen LogP contribution in [0, 0.1) is 0 Å². The molecule has 5 heteroatoms. The molecule has 1 saturated carbocycles. The molecule has 1 aromatic rings. The third-order valence-corrected chi connectivity index (χ3v) is 5.69. The lowest BCUT2D eigenvalue weighted by Crippen LogP contribution is -2.35. The number of carbonyl (C=O) groups is 2. The van der Waals surface area contributed by atoms with Crippen LogP contribution in [0.15, 0.2) is 24.3 Å². The van der Waals surface area contributed by atoms with E-state index in [1.807, 2.05) is 24.3 Å². The zero-order valence-corrected chi connectivity index (χ0v) is 15.9. The van der Waals surface area contributed by atoms with E-state index in [1.54, 1.807) is 4.90 Å². The highest BCUT2D eigenvalue weighted by molar-refractivity contribution is 5.97. The molecule has 2 aliphatic rings. The Morgan fingerprint density at radius 2 is 1.88 bits per heavy atom. The fourth-order valence-corrected chi connectivity index (χ4v) is 4.05. The number of nitrogens with zero attached hydrogens (tertiary/aromatic N) is 2. The summed E-state index contributed by atoms with van der Waals surface area (Å²) >= 11 is 0. The standard InChI is InChI=1S/C21H31N3O2/c1-23(18-7-3-2-4-8-18)15-6-14-22-21(26)17-10-12-19(13-11-17)24-16-5-9-20(24)25/h10-13,18H,2-9,14-16H2,1H3,(H,22,26). The van der Waals surface area contributed by atoms with E-state index >= 15 is 0 Å². The highest BCUT2D eigenvalue weighted by Crippen LogP contribution is 2.22. The fraction of sp³-hybridized carbons (Fsp3) is 0.619. The van der Waals surface area contributed by atoms with Gasteiger partial charge >= 0.3 is 0 Å². The molecule has 0 atom stereocenters. The van der Waals surface area contributed by atoms with Crippen molar-refractivity contribution in [2.24, 2.45) is 0 Å². The van der Waals surface area contributed by atoms with Crippen molar-refractivity contribution in [3.8, 4) is 0 Å². The smallest absolute Gasteiger partial charge is 0.251 e. The van der Waals surface area contributed by atoms with Crippen LogP contribution in [0.25, 0.3) is 0 Å². The van der Waals surface area contributed by atoms with E-state index in [1.165, 1.54) is 32.1 Å². The van der Waals surface area contributed by atoms with Crippen molar-refractivity contribution < 1.29 is 9.59 Å². The average Bonchev–Trinajstić information content (AvgIpc) is 3.11. The predicted molar refractivity (Wildman–Crippen MR) is 104 cm³/mol. The summed E-state index contributed by atoms with van der Waals surface area (Å²) in [5, 5.41) is 3.01. The van der Waals surface area contributed by atoms with Gasteiger partial charge < -0.3 is 15.1 Å². The molecule has 5 nitrogen and oxygen atoms in total. The normalized spacial score (nSPS) is 18.5. The van der Waals surface area contributed by atoms with E-state index in [0.29, 0.717) is 18.5 Å². The van der Waals surface area contributed by atoms with Gasteiger partial charge in [-0.25, -0.2) is 0 Å². The van der Waals surface area contributed by atoms with Crippen molar-refractivity contribution in [3.05, 3.63) is 29.8 Å². The summed E-state index contributed by atoms with van der Waals surface area (Å²) in [6, 6.07) is 8.08. The monoisotopic (exact) mass is 357 g/mol. The molecule has 1 heterocycles. The number of rotatable bonds is 7. The number of anilines is 1. The van der Waals surface area contributed by atoms with E-state index in [-0.39, 0.29) is 11.8 Å². The quantitative estimate of drug-likeness (QED) is 0.763. The van der Waals surface area contributed by atoms with Crippen LogP contribution in [0.3, 0.4) is 0 Å². The van der Waals surface area contributed by atoms with Crippen LogP contribution in [0.5, 0.6) is 0 Å². The number of amides is 2. The lowest BCUT2D eigenvalue weighted by Gasteiger charge is -2.31. The molecule has 0 aromatic heterocycles. The minimum Gasteiger partial charge on any atom is -0.352 e. The van der Waals surface area contributed by atoms with Crippen LogP contribution in [-0.2, 0) is 4.79 Å². The Morgan fingerprint density at radius 1 is 1.15 bits per heavy atom. The van der Waals surface area contributed by atoms with Crippen molar-refractivity contribution in [1.82, 2.24) is 10.2 Å². The summed E-state index contributed by atoms with van der Waals surface area (Å²) in [6.07, 6.45) is 9.22. The van der Waals surface area contributed by atoms with Crippen LogP contribution < -0.4 is 10.2 Å². The Balaban J connectivity index is 1.40. The van der Waals surface area contributed by atoms with Crippen molar-refractivity contribution >= 4 is 17.5 Å². The van der Waals surface area contributed by atoms with Crippen LogP contribution >= 0.6 is 0 Å². The second-order valence-corrected chi connectivity index (χ2v) is 7.58. The van der Waals surface area contributed by atoms with Gasteiger partial charge in [0.2, 0.25) is 5.91 Å². The molecule has 1 aliphatic carbocycles. The maximum atomic E-state index is 12.3. The minimum absolute atomic E-state index is 0.0374. The number of carbonyl (C=O) groups excluding carboxylic acids is 2. The number of hydrogen-bond acceptors (Lipinski definition) is 3. The number of benzene rings is 1. The summed E-state index contributed by atoms with van der Waals surface area (Å²) in [4.78, 5) is 28.3. The largest absolute Gasteiger partial charge is 0.352 e. The molecule has 0 spiro atoms. The molecular formula is C21H31N3O2. The highest BCUT2D eigenvalue weighted by atomic mass is 16.2. The van der Waals surface area contributed by atoms with Gasteiger partial charge in [-0.1, -0.05) is 19.3 Å². The maximum absolute atomic E-state index is 12.3. The van der Waals surface area contributed by atoms with Gasteiger partial charge in [0.25, 0.3) is 5.91 Å². The van der Waals surface area contributed by atoms with Crippen molar-refractivity contribution in [2.75, 3.05) is 31.6 Å². The zero-order valence-electron chi connectivity index (χ0n) is 15.9. The molecule has 26 heavy (non-hydrogen) atoms. The molecule has 2 fully saturated rings. The van der Waals surface area contributed by atoms with Gasteiger partial charge in [0.05, 0.1) is 0 Å². The molecule has 1 aromatic carbocycles. The van der Waals surface area contributed by atoms with Crippen LogP contribution in [0.1, 0.15) is 61.7 Å². The topological polar surface area (TPSA) is 52.7 Å². The predicted octanol–water partition coefficient (Wildman–Crippen LogP) is 3.20. The van der Waals surface area contributed by atoms with Crippen LogP contribution in [0.2, 0.25) is 0 Å². The molecule has 0 radical (unpaired) electrons. The maximum Gasteiger partial charge on any atom is 0.251 e. The Bertz CT molecular complexity index is 608. The Labute approximate surface area is 156 Å². The summed E-state index contributed by atoms with van der Waals surface area (Å²) in [5.74, 6) is 0.133. The van der Waals surface area contributed by atoms with Crippen molar-refractivity contribution in [3.63, 3.8) is 0 Å². The van der Waals surface area contributed by atoms with E-state index in [4.69, 9.17) is 0 Å². The SMILES string of the molecule is CN(CCCNC(=O)c1ccc(N2CCCC2=O)cc1)C1CCCCC1. The third-order valence-electron chi connectivity index (χ3n) is 5.69. The first-order chi connectivity index (χ1) is 12.6. The first-order valence-electron chi connectivity index (χ1n) is 10.0. The number of hydrogen-bond donors (Lipinski definition) is 1. The molecule has 2 amide bonds. The minimum atomic E-state index is -0.0374. The molecule has 0 bridgehead atoms. The molecule has 1 aliphatic heterocycles. The zero-order chi connectivity index (χ0) is 18.4. The van der Waals surface area contributed by atoms with Crippen LogP contribution in [-0.4, -0.2) is 49.4 Å². The summed E-state index contributed by atoms with van der Waals surface area (Å²) < 4.78 is 0. The lowest BCUT2D eigenvalue weighted by molar-refractivity contribution is -0.117. The first-order valence-corrected chi connectivity index (χ1v) is 10.0. The second kappa shape index (κ2) is 9.17. The van der Waals surface area contributed by atoms with Gasteiger partial charge in [-0.3, -0.25) is 9.59 Å². The van der Waals surface area contributed by atoms with Gasteiger partial charge in [0.15, 0.2) is 0 Å². The average molecular weight is 357 g/mol. The van der Waals surface area contributed by atoms with E-state index < -0.39 is 0 Å². The fourth-order valence-electron chi connectivity index (χ4n) is 4.05. The Kier molecular flexibility index (Phi) is 6.67. The van der Waals surface area contributed by atoms with Gasteiger partial charge in [-0.15, -0.1) is 0 Å². The molecule has 1 saturated heterocycles. The molecule has 3 rings (SSSR count). The van der Waals surface area contributed by atoms with E-state index in [9.17, 15) is 9.59 Å².